The normalized spacial score (nSPS) is 15.9. The lowest BCUT2D eigenvalue weighted by Crippen LogP contribution is -2.28. The van der Waals surface area contributed by atoms with Gasteiger partial charge >= 0.3 is 0 Å². The van der Waals surface area contributed by atoms with Gasteiger partial charge in [-0.2, -0.15) is 4.31 Å². The number of aromatic nitrogens is 1. The van der Waals surface area contributed by atoms with Crippen LogP contribution in [0.25, 0.3) is 0 Å². The third kappa shape index (κ3) is 3.25. The zero-order valence-corrected chi connectivity index (χ0v) is 14.2. The number of sulfonamides is 1. The van der Waals surface area contributed by atoms with E-state index in [0.717, 1.165) is 24.2 Å². The Morgan fingerprint density at radius 1 is 1.30 bits per heavy atom. The summed E-state index contributed by atoms with van der Waals surface area (Å²) in [6.45, 7) is 3.72. The number of aryl methyl sites for hydroxylation is 1. The fourth-order valence-corrected chi connectivity index (χ4v) is 4.28. The Morgan fingerprint density at radius 3 is 2.70 bits per heavy atom. The van der Waals surface area contributed by atoms with Crippen LogP contribution >= 0.6 is 0 Å². The monoisotopic (exact) mass is 335 g/mol. The lowest BCUT2D eigenvalue weighted by Gasteiger charge is -2.20. The Labute approximate surface area is 136 Å². The van der Waals surface area contributed by atoms with Gasteiger partial charge in [0, 0.05) is 44.5 Å². The minimum absolute atomic E-state index is 0.306. The molecule has 0 bridgehead atoms. The molecule has 1 saturated heterocycles. The molecule has 0 N–H and O–H groups in total. The maximum atomic E-state index is 12.6. The molecule has 0 spiro atoms. The van der Waals surface area contributed by atoms with Gasteiger partial charge in [0.05, 0.1) is 11.2 Å². The smallest absolute Gasteiger partial charge is 0.243 e. The summed E-state index contributed by atoms with van der Waals surface area (Å²) < 4.78 is 32.1. The van der Waals surface area contributed by atoms with Crippen molar-refractivity contribution >= 4 is 15.8 Å². The third-order valence-electron chi connectivity index (χ3n) is 4.18. The van der Waals surface area contributed by atoms with Gasteiger partial charge in [-0.05, 0) is 31.9 Å². The molecule has 0 aliphatic carbocycles. The van der Waals surface area contributed by atoms with Gasteiger partial charge in [0.15, 0.2) is 0 Å². The summed E-state index contributed by atoms with van der Waals surface area (Å²) in [6, 6.07) is 5.12. The highest BCUT2D eigenvalue weighted by molar-refractivity contribution is 7.89. The van der Waals surface area contributed by atoms with Crippen LogP contribution in [0.4, 0.5) is 5.82 Å². The quantitative estimate of drug-likeness (QED) is 0.839. The third-order valence-corrected chi connectivity index (χ3v) is 6.08. The highest BCUT2D eigenvalue weighted by Gasteiger charge is 2.27. The van der Waals surface area contributed by atoms with Crippen molar-refractivity contribution < 1.29 is 12.8 Å². The van der Waals surface area contributed by atoms with E-state index in [4.69, 9.17) is 4.42 Å². The van der Waals surface area contributed by atoms with Crippen LogP contribution in [-0.4, -0.2) is 37.8 Å². The molecule has 0 aromatic carbocycles. The molecule has 7 heteroatoms. The molecule has 0 amide bonds. The van der Waals surface area contributed by atoms with Gasteiger partial charge in [0.2, 0.25) is 10.0 Å². The van der Waals surface area contributed by atoms with Gasteiger partial charge in [-0.15, -0.1) is 0 Å². The van der Waals surface area contributed by atoms with Crippen LogP contribution in [0, 0.1) is 6.92 Å². The standard InChI is InChI=1S/C16H21N3O3S/c1-13-14(6-10-22-13)12-18(2)16-11-15(5-7-17-16)23(20,21)19-8-3-4-9-19/h5-7,10-11H,3-4,8-9,12H2,1-2H3. The second-order valence-corrected chi connectivity index (χ2v) is 7.76. The largest absolute Gasteiger partial charge is 0.469 e. The van der Waals surface area contributed by atoms with E-state index in [-0.39, 0.29) is 0 Å². The highest BCUT2D eigenvalue weighted by Crippen LogP contribution is 2.24. The molecule has 3 heterocycles. The summed E-state index contributed by atoms with van der Waals surface area (Å²) in [5.74, 6) is 1.49. The summed E-state index contributed by atoms with van der Waals surface area (Å²) in [7, 11) is -1.53. The van der Waals surface area contributed by atoms with Crippen molar-refractivity contribution in [3.8, 4) is 0 Å². The number of pyridine rings is 1. The maximum Gasteiger partial charge on any atom is 0.243 e. The Morgan fingerprint density at radius 2 is 2.04 bits per heavy atom. The molecule has 0 saturated carbocycles. The van der Waals surface area contributed by atoms with E-state index in [9.17, 15) is 8.42 Å². The van der Waals surface area contributed by atoms with Crippen LogP contribution in [0.2, 0.25) is 0 Å². The van der Waals surface area contributed by atoms with E-state index in [1.54, 1.807) is 28.9 Å². The molecule has 23 heavy (non-hydrogen) atoms. The van der Waals surface area contributed by atoms with E-state index in [2.05, 4.69) is 4.98 Å². The fraction of sp³-hybridized carbons (Fsp3) is 0.438. The van der Waals surface area contributed by atoms with Gasteiger partial charge in [0.25, 0.3) is 0 Å². The zero-order chi connectivity index (χ0) is 16.4. The van der Waals surface area contributed by atoms with Crippen LogP contribution in [-0.2, 0) is 16.6 Å². The van der Waals surface area contributed by atoms with Crippen molar-refractivity contribution in [3.63, 3.8) is 0 Å². The van der Waals surface area contributed by atoms with Gasteiger partial charge in [-0.25, -0.2) is 13.4 Å². The van der Waals surface area contributed by atoms with E-state index in [1.165, 1.54) is 0 Å². The molecular weight excluding hydrogens is 314 g/mol. The van der Waals surface area contributed by atoms with E-state index >= 15 is 0 Å². The molecule has 0 atom stereocenters. The van der Waals surface area contributed by atoms with Crippen LogP contribution in [0.1, 0.15) is 24.2 Å². The van der Waals surface area contributed by atoms with Gasteiger partial charge in [0.1, 0.15) is 11.6 Å². The number of hydrogen-bond donors (Lipinski definition) is 0. The number of anilines is 1. The molecular formula is C16H21N3O3S. The van der Waals surface area contributed by atoms with Crippen LogP contribution in [0.5, 0.6) is 0 Å². The lowest BCUT2D eigenvalue weighted by molar-refractivity contribution is 0.477. The number of rotatable bonds is 5. The first-order valence-corrected chi connectivity index (χ1v) is 9.13. The molecule has 0 radical (unpaired) electrons. The maximum absolute atomic E-state index is 12.6. The molecule has 2 aromatic rings. The molecule has 1 aliphatic heterocycles. The zero-order valence-electron chi connectivity index (χ0n) is 13.4. The number of furan rings is 1. The first-order chi connectivity index (χ1) is 11.0. The Bertz CT molecular complexity index is 779. The van der Waals surface area contributed by atoms with E-state index < -0.39 is 10.0 Å². The summed E-state index contributed by atoms with van der Waals surface area (Å²) in [5, 5.41) is 0. The molecule has 6 nitrogen and oxygen atoms in total. The van der Waals surface area contributed by atoms with Crippen molar-refractivity contribution in [3.05, 3.63) is 42.0 Å². The summed E-state index contributed by atoms with van der Waals surface area (Å²) in [6.07, 6.45) is 5.06. The lowest BCUT2D eigenvalue weighted by atomic mass is 10.2. The second-order valence-electron chi connectivity index (χ2n) is 5.82. The predicted molar refractivity (Wildman–Crippen MR) is 87.8 cm³/mol. The highest BCUT2D eigenvalue weighted by atomic mass is 32.2. The van der Waals surface area contributed by atoms with Crippen LogP contribution in [0.3, 0.4) is 0 Å². The van der Waals surface area contributed by atoms with Crippen molar-refractivity contribution in [1.29, 1.82) is 0 Å². The minimum Gasteiger partial charge on any atom is -0.469 e. The molecule has 3 rings (SSSR count). The first-order valence-electron chi connectivity index (χ1n) is 7.69. The first kappa shape index (κ1) is 16.0. The van der Waals surface area contributed by atoms with Crippen LogP contribution in [0.15, 0.2) is 40.0 Å². The summed E-state index contributed by atoms with van der Waals surface area (Å²) in [5.41, 5.74) is 1.06. The average molecular weight is 335 g/mol. The summed E-state index contributed by atoms with van der Waals surface area (Å²) >= 11 is 0. The summed E-state index contributed by atoms with van der Waals surface area (Å²) in [4.78, 5) is 6.53. The molecule has 1 fully saturated rings. The number of hydrogen-bond acceptors (Lipinski definition) is 5. The minimum atomic E-state index is -3.42. The number of nitrogens with zero attached hydrogens (tertiary/aromatic N) is 3. The van der Waals surface area contributed by atoms with Gasteiger partial charge in [-0.3, -0.25) is 0 Å². The van der Waals surface area contributed by atoms with Crippen molar-refractivity contribution in [2.45, 2.75) is 31.2 Å². The average Bonchev–Trinajstić information content (AvgIpc) is 3.20. The van der Waals surface area contributed by atoms with Crippen molar-refractivity contribution in [1.82, 2.24) is 9.29 Å². The van der Waals surface area contributed by atoms with Crippen molar-refractivity contribution in [2.75, 3.05) is 25.0 Å². The molecule has 1 aliphatic rings. The topological polar surface area (TPSA) is 66.7 Å². The molecule has 124 valence electrons. The molecule has 2 aromatic heterocycles. The SMILES string of the molecule is Cc1occc1CN(C)c1cc(S(=O)(=O)N2CCCC2)ccn1. The Hall–Kier alpha value is -1.86. The second kappa shape index (κ2) is 6.33. The van der Waals surface area contributed by atoms with Gasteiger partial charge < -0.3 is 9.32 Å². The van der Waals surface area contributed by atoms with Crippen molar-refractivity contribution in [2.24, 2.45) is 0 Å². The van der Waals surface area contributed by atoms with E-state index in [1.807, 2.05) is 24.9 Å². The molecule has 0 unspecified atom stereocenters. The van der Waals surface area contributed by atoms with Gasteiger partial charge in [-0.1, -0.05) is 0 Å². The Balaban J connectivity index is 1.83. The fourth-order valence-electron chi connectivity index (χ4n) is 2.76. The van der Waals surface area contributed by atoms with Crippen LogP contribution < -0.4 is 4.90 Å². The predicted octanol–water partition coefficient (Wildman–Crippen LogP) is 2.40. The van der Waals surface area contributed by atoms with E-state index in [0.29, 0.717) is 30.3 Å². The Kier molecular flexibility index (Phi) is 4.41.